The van der Waals surface area contributed by atoms with Crippen LogP contribution >= 0.6 is 0 Å². The van der Waals surface area contributed by atoms with Crippen LogP contribution in [0.2, 0.25) is 0 Å². The molecule has 9 nitrogen and oxygen atoms in total. The Morgan fingerprint density at radius 2 is 1.89 bits per heavy atom. The summed E-state index contributed by atoms with van der Waals surface area (Å²) in [6.45, 7) is 1.90. The number of aliphatic hydroxyl groups excluding tert-OH is 1. The molecule has 1 atom stereocenters. The van der Waals surface area contributed by atoms with E-state index < -0.39 is 22.2 Å². The fourth-order valence-electron chi connectivity index (χ4n) is 1.71. The van der Waals surface area contributed by atoms with Gasteiger partial charge in [-0.15, -0.1) is 0 Å². The van der Waals surface area contributed by atoms with E-state index in [1.807, 2.05) is 4.90 Å². The maximum atomic E-state index is 11.9. The number of piperazine rings is 1. The lowest BCUT2D eigenvalue weighted by atomic mass is 10.3. The number of hydrogen-bond acceptors (Lipinski definition) is 6. The molecule has 0 aromatic carbocycles. The zero-order valence-corrected chi connectivity index (χ0v) is 11.3. The van der Waals surface area contributed by atoms with Gasteiger partial charge in [-0.25, -0.2) is 0 Å². The molecule has 1 aliphatic rings. The molecule has 1 saturated heterocycles. The third kappa shape index (κ3) is 5.01. The molecule has 0 aromatic heterocycles. The highest BCUT2D eigenvalue weighted by Crippen LogP contribution is 2.05. The number of β-amino-alcohol motifs (C(OH)–C–C–N with tert-alkyl or cyclic N) is 1. The van der Waals surface area contributed by atoms with Gasteiger partial charge in [-0.1, -0.05) is 0 Å². The molecule has 19 heavy (non-hydrogen) atoms. The lowest BCUT2D eigenvalue weighted by Gasteiger charge is -2.33. The summed E-state index contributed by atoms with van der Waals surface area (Å²) in [6.07, 6.45) is 0. The van der Waals surface area contributed by atoms with E-state index in [4.69, 9.17) is 15.9 Å². The van der Waals surface area contributed by atoms with Crippen molar-refractivity contribution in [2.75, 3.05) is 45.9 Å². The van der Waals surface area contributed by atoms with Gasteiger partial charge in [0.15, 0.2) is 0 Å². The minimum absolute atomic E-state index is 0.0401. The van der Waals surface area contributed by atoms with Crippen molar-refractivity contribution in [3.8, 4) is 0 Å². The largest absolute Gasteiger partial charge is 0.480 e. The Morgan fingerprint density at radius 1 is 1.32 bits per heavy atom. The minimum atomic E-state index is -3.70. The molecule has 112 valence electrons. The molecule has 5 N–H and O–H groups in total. The number of carboxylic acid groups (broad SMARTS) is 1. The predicted molar refractivity (Wildman–Crippen MR) is 67.6 cm³/mol. The van der Waals surface area contributed by atoms with Crippen molar-refractivity contribution in [1.29, 1.82) is 0 Å². The van der Waals surface area contributed by atoms with E-state index in [2.05, 4.69) is 4.72 Å². The van der Waals surface area contributed by atoms with Gasteiger partial charge in [0, 0.05) is 39.3 Å². The highest BCUT2D eigenvalue weighted by molar-refractivity contribution is 7.87. The quantitative estimate of drug-likeness (QED) is 0.389. The Bertz CT molecular complexity index is 393. The first kappa shape index (κ1) is 16.3. The van der Waals surface area contributed by atoms with Gasteiger partial charge in [-0.3, -0.25) is 9.69 Å². The summed E-state index contributed by atoms with van der Waals surface area (Å²) in [4.78, 5) is 12.5. The zero-order chi connectivity index (χ0) is 14.5. The Hall–Kier alpha value is -0.780. The second kappa shape index (κ2) is 7.12. The van der Waals surface area contributed by atoms with Crippen LogP contribution in [0.4, 0.5) is 0 Å². The first-order valence-corrected chi connectivity index (χ1v) is 7.37. The van der Waals surface area contributed by atoms with Crippen molar-refractivity contribution in [1.82, 2.24) is 13.9 Å². The maximum absolute atomic E-state index is 11.9. The fourth-order valence-corrected chi connectivity index (χ4v) is 2.93. The number of nitrogens with zero attached hydrogens (tertiary/aromatic N) is 2. The number of aliphatic hydroxyl groups is 1. The summed E-state index contributed by atoms with van der Waals surface area (Å²) in [6, 6.07) is -1.26. The van der Waals surface area contributed by atoms with Gasteiger partial charge in [0.25, 0.3) is 10.2 Å². The first-order valence-electron chi connectivity index (χ1n) is 5.93. The molecule has 1 rings (SSSR count). The maximum Gasteiger partial charge on any atom is 0.321 e. The Balaban J connectivity index is 2.44. The third-order valence-corrected chi connectivity index (χ3v) is 4.47. The lowest BCUT2D eigenvalue weighted by molar-refractivity contribution is -0.138. The number of hydrogen-bond donors (Lipinski definition) is 4. The number of aliphatic carboxylic acids is 1. The smallest absolute Gasteiger partial charge is 0.321 e. The number of nitrogens with two attached hydrogens (primary N) is 1. The van der Waals surface area contributed by atoms with Crippen molar-refractivity contribution < 1.29 is 23.4 Å². The Kier molecular flexibility index (Phi) is 6.10. The van der Waals surface area contributed by atoms with Crippen LogP contribution in [0.5, 0.6) is 0 Å². The van der Waals surface area contributed by atoms with Gasteiger partial charge in [0.1, 0.15) is 6.04 Å². The van der Waals surface area contributed by atoms with Crippen LogP contribution in [0.25, 0.3) is 0 Å². The molecule has 1 heterocycles. The van der Waals surface area contributed by atoms with Crippen LogP contribution in [0.15, 0.2) is 0 Å². The highest BCUT2D eigenvalue weighted by atomic mass is 32.2. The molecule has 0 radical (unpaired) electrons. The first-order chi connectivity index (χ1) is 8.86. The van der Waals surface area contributed by atoms with Gasteiger partial charge in [-0.2, -0.15) is 17.4 Å². The third-order valence-electron chi connectivity index (χ3n) is 2.89. The van der Waals surface area contributed by atoms with Crippen molar-refractivity contribution in [2.24, 2.45) is 5.73 Å². The molecule has 0 aromatic rings. The molecule has 1 fully saturated rings. The van der Waals surface area contributed by atoms with E-state index in [1.165, 1.54) is 4.31 Å². The molecule has 0 spiro atoms. The summed E-state index contributed by atoms with van der Waals surface area (Å²) in [7, 11) is -3.70. The molecule has 0 amide bonds. The average Bonchev–Trinajstić information content (AvgIpc) is 2.37. The molecule has 10 heteroatoms. The van der Waals surface area contributed by atoms with Crippen LogP contribution in [-0.2, 0) is 15.0 Å². The van der Waals surface area contributed by atoms with E-state index >= 15 is 0 Å². The second-order valence-corrected chi connectivity index (χ2v) is 6.02. The monoisotopic (exact) mass is 296 g/mol. The number of carbonyl (C=O) groups is 1. The van der Waals surface area contributed by atoms with E-state index in [-0.39, 0.29) is 13.2 Å². The molecule has 0 saturated carbocycles. The average molecular weight is 296 g/mol. The molecular weight excluding hydrogens is 276 g/mol. The molecule has 1 aliphatic heterocycles. The van der Waals surface area contributed by atoms with Gasteiger partial charge in [-0.05, 0) is 0 Å². The highest BCUT2D eigenvalue weighted by Gasteiger charge is 2.27. The molecule has 0 unspecified atom stereocenters. The normalized spacial score (nSPS) is 20.3. The lowest BCUT2D eigenvalue weighted by Crippen LogP contribution is -2.54. The van der Waals surface area contributed by atoms with E-state index in [0.717, 1.165) is 0 Å². The van der Waals surface area contributed by atoms with Crippen LogP contribution in [0.1, 0.15) is 0 Å². The summed E-state index contributed by atoms with van der Waals surface area (Å²) >= 11 is 0. The van der Waals surface area contributed by atoms with Gasteiger partial charge in [0.05, 0.1) is 6.61 Å². The summed E-state index contributed by atoms with van der Waals surface area (Å²) in [5.74, 6) is -1.25. The van der Waals surface area contributed by atoms with Crippen molar-refractivity contribution >= 4 is 16.2 Å². The van der Waals surface area contributed by atoms with Gasteiger partial charge >= 0.3 is 5.97 Å². The Labute approximate surface area is 112 Å². The van der Waals surface area contributed by atoms with Gasteiger partial charge < -0.3 is 15.9 Å². The van der Waals surface area contributed by atoms with E-state index in [9.17, 15) is 13.2 Å². The van der Waals surface area contributed by atoms with Crippen molar-refractivity contribution in [3.63, 3.8) is 0 Å². The fraction of sp³-hybridized carbons (Fsp3) is 0.889. The SMILES string of the molecule is N[C@@H](CNS(=O)(=O)N1CCN(CCO)CC1)C(=O)O. The summed E-state index contributed by atoms with van der Waals surface area (Å²) < 4.78 is 27.2. The topological polar surface area (TPSA) is 136 Å². The number of nitrogens with one attached hydrogen (secondary N) is 1. The predicted octanol–water partition coefficient (Wildman–Crippen LogP) is -3.16. The summed E-state index contributed by atoms with van der Waals surface area (Å²) in [5.41, 5.74) is 5.23. The molecular formula is C9H20N4O5S. The van der Waals surface area contributed by atoms with Gasteiger partial charge in [0.2, 0.25) is 0 Å². The molecule has 0 aliphatic carbocycles. The Morgan fingerprint density at radius 3 is 2.37 bits per heavy atom. The van der Waals surface area contributed by atoms with Crippen LogP contribution < -0.4 is 10.5 Å². The minimum Gasteiger partial charge on any atom is -0.480 e. The zero-order valence-electron chi connectivity index (χ0n) is 10.5. The van der Waals surface area contributed by atoms with Crippen molar-refractivity contribution in [3.05, 3.63) is 0 Å². The van der Waals surface area contributed by atoms with Crippen LogP contribution in [-0.4, -0.2) is 85.7 Å². The number of carboxylic acids is 1. The summed E-state index contributed by atoms with van der Waals surface area (Å²) in [5, 5.41) is 17.4. The van der Waals surface area contributed by atoms with E-state index in [1.54, 1.807) is 0 Å². The van der Waals surface area contributed by atoms with E-state index in [0.29, 0.717) is 32.7 Å². The van der Waals surface area contributed by atoms with Crippen molar-refractivity contribution in [2.45, 2.75) is 6.04 Å². The van der Waals surface area contributed by atoms with Crippen LogP contribution in [0, 0.1) is 0 Å². The standard InChI is InChI=1S/C9H20N4O5S/c10-8(9(15)16)7-11-19(17,18)13-3-1-12(2-4-13)5-6-14/h8,11,14H,1-7,10H2,(H,15,16)/t8-/m0/s1. The van der Waals surface area contributed by atoms with Crippen LogP contribution in [0.3, 0.4) is 0 Å². The second-order valence-electron chi connectivity index (χ2n) is 4.26. The number of rotatable bonds is 7. The molecule has 0 bridgehead atoms.